The smallest absolute Gasteiger partial charge is 0.0107 e. The van der Waals surface area contributed by atoms with E-state index >= 15 is 0 Å². The summed E-state index contributed by atoms with van der Waals surface area (Å²) in [6.45, 7) is 7.51. The van der Waals surface area contributed by atoms with Crippen LogP contribution in [0.3, 0.4) is 0 Å². The van der Waals surface area contributed by atoms with Crippen LogP contribution in [0.15, 0.2) is 0 Å². The lowest BCUT2D eigenvalue weighted by Gasteiger charge is -2.32. The summed E-state index contributed by atoms with van der Waals surface area (Å²) in [7, 11) is 0. The third-order valence-corrected chi connectivity index (χ3v) is 4.47. The summed E-state index contributed by atoms with van der Waals surface area (Å²) in [6, 6.07) is 0.821. The summed E-state index contributed by atoms with van der Waals surface area (Å²) in [6.07, 6.45) is 9.97. The molecule has 0 aromatic heterocycles. The van der Waals surface area contributed by atoms with Gasteiger partial charge in [-0.15, -0.1) is 0 Å². The summed E-state index contributed by atoms with van der Waals surface area (Å²) in [5, 5.41) is 3.81. The van der Waals surface area contributed by atoms with Crippen LogP contribution >= 0.6 is 0 Å². The number of rotatable bonds is 5. The molecule has 0 amide bonds. The molecule has 1 aliphatic heterocycles. The second-order valence-corrected chi connectivity index (χ2v) is 5.56. The Bertz CT molecular complexity index is 187. The Morgan fingerprint density at radius 3 is 2.56 bits per heavy atom. The second-order valence-electron chi connectivity index (χ2n) is 5.56. The van der Waals surface area contributed by atoms with Crippen molar-refractivity contribution in [1.29, 1.82) is 0 Å². The van der Waals surface area contributed by atoms with Crippen LogP contribution in [0.5, 0.6) is 0 Å². The third kappa shape index (κ3) is 3.46. The van der Waals surface area contributed by atoms with Crippen LogP contribution in [0.2, 0.25) is 0 Å². The van der Waals surface area contributed by atoms with Gasteiger partial charge in [-0.25, -0.2) is 0 Å². The van der Waals surface area contributed by atoms with Gasteiger partial charge in [-0.2, -0.15) is 0 Å². The van der Waals surface area contributed by atoms with Gasteiger partial charge in [0.25, 0.3) is 0 Å². The largest absolute Gasteiger partial charge is 0.312 e. The lowest BCUT2D eigenvalue weighted by atomic mass is 9.83. The summed E-state index contributed by atoms with van der Waals surface area (Å²) >= 11 is 0. The zero-order valence-corrected chi connectivity index (χ0v) is 10.9. The molecule has 0 spiro atoms. The first-order valence-electron chi connectivity index (χ1n) is 7.36. The SMILES string of the molecule is CCC1CCCCC1NCCN1CCCC1. The van der Waals surface area contributed by atoms with Crippen molar-refractivity contribution >= 4 is 0 Å². The molecule has 2 heteroatoms. The van der Waals surface area contributed by atoms with E-state index in [1.807, 2.05) is 0 Å². The molecule has 16 heavy (non-hydrogen) atoms. The molecule has 2 rings (SSSR count). The van der Waals surface area contributed by atoms with Crippen LogP contribution in [0, 0.1) is 5.92 Å². The van der Waals surface area contributed by atoms with Gasteiger partial charge < -0.3 is 10.2 Å². The molecule has 1 saturated carbocycles. The van der Waals surface area contributed by atoms with Crippen LogP contribution in [0.1, 0.15) is 51.9 Å². The number of hydrogen-bond donors (Lipinski definition) is 1. The Labute approximate surface area is 101 Å². The van der Waals surface area contributed by atoms with Gasteiger partial charge >= 0.3 is 0 Å². The highest BCUT2D eigenvalue weighted by Crippen LogP contribution is 2.26. The van der Waals surface area contributed by atoms with Gasteiger partial charge in [0.05, 0.1) is 0 Å². The van der Waals surface area contributed by atoms with Crippen LogP contribution in [0.4, 0.5) is 0 Å². The van der Waals surface area contributed by atoms with E-state index in [-0.39, 0.29) is 0 Å². The van der Waals surface area contributed by atoms with Crippen molar-refractivity contribution in [1.82, 2.24) is 10.2 Å². The van der Waals surface area contributed by atoms with Gasteiger partial charge in [-0.1, -0.05) is 26.2 Å². The molecule has 94 valence electrons. The maximum atomic E-state index is 3.81. The molecule has 0 radical (unpaired) electrons. The van der Waals surface area contributed by atoms with Gasteiger partial charge in [0.2, 0.25) is 0 Å². The van der Waals surface area contributed by atoms with Crippen molar-refractivity contribution in [2.75, 3.05) is 26.2 Å². The molecule has 0 bridgehead atoms. The topological polar surface area (TPSA) is 15.3 Å². The van der Waals surface area contributed by atoms with E-state index in [0.29, 0.717) is 0 Å². The standard InChI is InChI=1S/C14H28N2/c1-2-13-7-3-4-8-14(13)15-9-12-16-10-5-6-11-16/h13-15H,2-12H2,1H3. The quantitative estimate of drug-likeness (QED) is 0.772. The highest BCUT2D eigenvalue weighted by Gasteiger charge is 2.23. The van der Waals surface area contributed by atoms with Crippen molar-refractivity contribution in [2.24, 2.45) is 5.92 Å². The van der Waals surface area contributed by atoms with Crippen LogP contribution in [-0.2, 0) is 0 Å². The fraction of sp³-hybridized carbons (Fsp3) is 1.00. The molecule has 1 saturated heterocycles. The van der Waals surface area contributed by atoms with Gasteiger partial charge in [-0.05, 0) is 44.7 Å². The lowest BCUT2D eigenvalue weighted by molar-refractivity contribution is 0.242. The average Bonchev–Trinajstić information content (AvgIpc) is 2.83. The van der Waals surface area contributed by atoms with Gasteiger partial charge in [0.1, 0.15) is 0 Å². The number of nitrogens with zero attached hydrogens (tertiary/aromatic N) is 1. The number of hydrogen-bond acceptors (Lipinski definition) is 2. The molecule has 2 aliphatic rings. The molecular weight excluding hydrogens is 196 g/mol. The predicted molar refractivity (Wildman–Crippen MR) is 69.7 cm³/mol. The van der Waals surface area contributed by atoms with E-state index in [0.717, 1.165) is 12.0 Å². The molecule has 1 N–H and O–H groups in total. The first kappa shape index (κ1) is 12.4. The molecule has 2 atom stereocenters. The zero-order chi connectivity index (χ0) is 11.2. The van der Waals surface area contributed by atoms with E-state index in [1.54, 1.807) is 0 Å². The Hall–Kier alpha value is -0.0800. The molecule has 2 fully saturated rings. The highest BCUT2D eigenvalue weighted by molar-refractivity contribution is 4.80. The number of nitrogens with one attached hydrogen (secondary N) is 1. The predicted octanol–water partition coefficient (Wildman–Crippen LogP) is 2.64. The normalized spacial score (nSPS) is 32.1. The van der Waals surface area contributed by atoms with Crippen molar-refractivity contribution in [3.63, 3.8) is 0 Å². The van der Waals surface area contributed by atoms with E-state index < -0.39 is 0 Å². The minimum atomic E-state index is 0.821. The maximum absolute atomic E-state index is 3.81. The van der Waals surface area contributed by atoms with E-state index in [4.69, 9.17) is 0 Å². The lowest BCUT2D eigenvalue weighted by Crippen LogP contribution is -2.41. The van der Waals surface area contributed by atoms with Gasteiger partial charge in [-0.3, -0.25) is 0 Å². The van der Waals surface area contributed by atoms with Gasteiger partial charge in [0, 0.05) is 19.1 Å². The summed E-state index contributed by atoms with van der Waals surface area (Å²) < 4.78 is 0. The average molecular weight is 224 g/mol. The third-order valence-electron chi connectivity index (χ3n) is 4.47. The summed E-state index contributed by atoms with van der Waals surface area (Å²) in [4.78, 5) is 2.61. The molecule has 1 aliphatic carbocycles. The Kier molecular flexibility index (Phi) is 5.11. The summed E-state index contributed by atoms with van der Waals surface area (Å²) in [5.74, 6) is 0.951. The molecule has 1 heterocycles. The number of likely N-dealkylation sites (tertiary alicyclic amines) is 1. The fourth-order valence-electron chi connectivity index (χ4n) is 3.38. The van der Waals surface area contributed by atoms with E-state index in [2.05, 4.69) is 17.1 Å². The Morgan fingerprint density at radius 1 is 1.06 bits per heavy atom. The van der Waals surface area contributed by atoms with Gasteiger partial charge in [0.15, 0.2) is 0 Å². The fourth-order valence-corrected chi connectivity index (χ4v) is 3.38. The van der Waals surface area contributed by atoms with Crippen LogP contribution in [0.25, 0.3) is 0 Å². The first-order chi connectivity index (χ1) is 7.90. The Balaban J connectivity index is 1.63. The maximum Gasteiger partial charge on any atom is 0.0107 e. The highest BCUT2D eigenvalue weighted by atomic mass is 15.2. The molecule has 0 aromatic carbocycles. The Morgan fingerprint density at radius 2 is 1.81 bits per heavy atom. The second kappa shape index (κ2) is 6.61. The van der Waals surface area contributed by atoms with Crippen LogP contribution in [-0.4, -0.2) is 37.1 Å². The molecular formula is C14H28N2. The van der Waals surface area contributed by atoms with Crippen molar-refractivity contribution in [3.8, 4) is 0 Å². The van der Waals surface area contributed by atoms with Crippen LogP contribution < -0.4 is 5.32 Å². The van der Waals surface area contributed by atoms with Crippen molar-refractivity contribution in [3.05, 3.63) is 0 Å². The monoisotopic (exact) mass is 224 g/mol. The molecule has 2 nitrogen and oxygen atoms in total. The van der Waals surface area contributed by atoms with Crippen molar-refractivity contribution < 1.29 is 0 Å². The van der Waals surface area contributed by atoms with Crippen molar-refractivity contribution in [2.45, 2.75) is 57.9 Å². The molecule has 0 aromatic rings. The zero-order valence-electron chi connectivity index (χ0n) is 10.9. The van der Waals surface area contributed by atoms with E-state index in [1.165, 1.54) is 71.1 Å². The van der Waals surface area contributed by atoms with E-state index in [9.17, 15) is 0 Å². The minimum Gasteiger partial charge on any atom is -0.312 e. The molecule has 2 unspecified atom stereocenters. The minimum absolute atomic E-state index is 0.821. The first-order valence-corrected chi connectivity index (χ1v) is 7.36. The summed E-state index contributed by atoms with van der Waals surface area (Å²) in [5.41, 5.74) is 0.